The first kappa shape index (κ1) is 15.3. The van der Waals surface area contributed by atoms with E-state index in [4.69, 9.17) is 15.0 Å². The molecule has 3 aromatic rings. The van der Waals surface area contributed by atoms with Gasteiger partial charge in [-0.2, -0.15) is 5.26 Å². The molecule has 4 heteroatoms. The van der Waals surface area contributed by atoms with E-state index in [1.165, 1.54) is 0 Å². The van der Waals surface area contributed by atoms with Crippen LogP contribution in [-0.2, 0) is 24.2 Å². The van der Waals surface area contributed by atoms with Crippen LogP contribution in [0.25, 0.3) is 10.9 Å². The highest BCUT2D eigenvalue weighted by Gasteiger charge is 2.24. The summed E-state index contributed by atoms with van der Waals surface area (Å²) in [5.41, 5.74) is 5.00. The highest BCUT2D eigenvalue weighted by Crippen LogP contribution is 2.30. The molecule has 4 rings (SSSR count). The lowest BCUT2D eigenvalue weighted by Gasteiger charge is -2.12. The molecule has 0 spiro atoms. The molecular weight excluding hydrogens is 312 g/mol. The number of pyridine rings is 1. The summed E-state index contributed by atoms with van der Waals surface area (Å²) in [7, 11) is 0. The highest BCUT2D eigenvalue weighted by atomic mass is 16.5. The van der Waals surface area contributed by atoms with E-state index in [9.17, 15) is 4.79 Å². The Morgan fingerprint density at radius 1 is 1.12 bits per heavy atom. The maximum absolute atomic E-state index is 12.8. The quantitative estimate of drug-likeness (QED) is 0.683. The third kappa shape index (κ3) is 2.85. The van der Waals surface area contributed by atoms with Crippen LogP contribution in [0.4, 0.5) is 0 Å². The number of para-hydroxylation sites is 1. The number of nitriles is 1. The van der Waals surface area contributed by atoms with Crippen LogP contribution < -0.4 is 0 Å². The predicted octanol–water partition coefficient (Wildman–Crippen LogP) is 3.95. The van der Waals surface area contributed by atoms with Crippen molar-refractivity contribution in [2.75, 3.05) is 0 Å². The highest BCUT2D eigenvalue weighted by molar-refractivity contribution is 6.05. The number of benzene rings is 2. The first-order chi connectivity index (χ1) is 12.3. The number of carbonyl (C=O) groups excluding carboxylic acids is 1. The standard InChI is InChI=1S/C21H16N2O2/c22-12-14-8-10-15(11-9-14)13-25-21(24)20-16-4-1-2-6-18(16)23-19-7-3-5-17(19)20/h1-2,4,6,8-11H,3,5,7,13H2. The Morgan fingerprint density at radius 3 is 2.72 bits per heavy atom. The summed E-state index contributed by atoms with van der Waals surface area (Å²) in [5, 5.41) is 9.70. The summed E-state index contributed by atoms with van der Waals surface area (Å²) in [6.07, 6.45) is 2.80. The van der Waals surface area contributed by atoms with Crippen molar-refractivity contribution in [3.63, 3.8) is 0 Å². The van der Waals surface area contributed by atoms with Gasteiger partial charge in [0.2, 0.25) is 0 Å². The first-order valence-electron chi connectivity index (χ1n) is 8.33. The molecule has 4 nitrogen and oxygen atoms in total. The lowest BCUT2D eigenvalue weighted by atomic mass is 10.0. The smallest absolute Gasteiger partial charge is 0.339 e. The van der Waals surface area contributed by atoms with Gasteiger partial charge >= 0.3 is 5.97 Å². The van der Waals surface area contributed by atoms with Crippen molar-refractivity contribution in [1.29, 1.82) is 5.26 Å². The normalized spacial score (nSPS) is 12.6. The molecule has 122 valence electrons. The fraction of sp³-hybridized carbons (Fsp3) is 0.190. The molecule has 2 aromatic carbocycles. The third-order valence-electron chi connectivity index (χ3n) is 4.58. The van der Waals surface area contributed by atoms with Crippen molar-refractivity contribution in [1.82, 2.24) is 4.98 Å². The molecule has 0 atom stereocenters. The Morgan fingerprint density at radius 2 is 1.92 bits per heavy atom. The Kier molecular flexibility index (Phi) is 3.91. The number of fused-ring (bicyclic) bond motifs is 2. The number of hydrogen-bond acceptors (Lipinski definition) is 4. The monoisotopic (exact) mass is 328 g/mol. The number of nitrogens with zero attached hydrogens (tertiary/aromatic N) is 2. The first-order valence-corrected chi connectivity index (χ1v) is 8.33. The molecule has 0 aliphatic heterocycles. The van der Waals surface area contributed by atoms with E-state index in [1.807, 2.05) is 24.3 Å². The second-order valence-corrected chi connectivity index (χ2v) is 6.17. The van der Waals surface area contributed by atoms with Crippen LogP contribution in [0.3, 0.4) is 0 Å². The number of esters is 1. The Bertz CT molecular complexity index is 1000. The number of aryl methyl sites for hydroxylation is 1. The van der Waals surface area contributed by atoms with Crippen molar-refractivity contribution >= 4 is 16.9 Å². The van der Waals surface area contributed by atoms with Crippen LogP contribution in [0.5, 0.6) is 0 Å². The molecule has 0 bridgehead atoms. The van der Waals surface area contributed by atoms with Crippen molar-refractivity contribution in [2.24, 2.45) is 0 Å². The van der Waals surface area contributed by atoms with Gasteiger partial charge in [0.25, 0.3) is 0 Å². The van der Waals surface area contributed by atoms with E-state index in [2.05, 4.69) is 6.07 Å². The van der Waals surface area contributed by atoms with E-state index in [-0.39, 0.29) is 12.6 Å². The second-order valence-electron chi connectivity index (χ2n) is 6.17. The zero-order valence-electron chi connectivity index (χ0n) is 13.7. The minimum absolute atomic E-state index is 0.190. The van der Waals surface area contributed by atoms with Gasteiger partial charge in [0.1, 0.15) is 6.61 Å². The zero-order chi connectivity index (χ0) is 17.2. The van der Waals surface area contributed by atoms with Crippen LogP contribution in [-0.4, -0.2) is 11.0 Å². The molecule has 0 unspecified atom stereocenters. The fourth-order valence-electron chi connectivity index (χ4n) is 3.34. The molecule has 1 heterocycles. The maximum atomic E-state index is 12.8. The molecule has 0 amide bonds. The minimum Gasteiger partial charge on any atom is -0.457 e. The van der Waals surface area contributed by atoms with Gasteiger partial charge in [0.05, 0.1) is 22.7 Å². The van der Waals surface area contributed by atoms with Gasteiger partial charge in [0.15, 0.2) is 0 Å². The van der Waals surface area contributed by atoms with Crippen LogP contribution in [0, 0.1) is 11.3 Å². The topological polar surface area (TPSA) is 63.0 Å². The number of carbonyl (C=O) groups is 1. The van der Waals surface area contributed by atoms with Crippen molar-refractivity contribution in [2.45, 2.75) is 25.9 Å². The van der Waals surface area contributed by atoms with Crippen LogP contribution >= 0.6 is 0 Å². The van der Waals surface area contributed by atoms with Gasteiger partial charge in [-0.15, -0.1) is 0 Å². The number of aromatic nitrogens is 1. The molecule has 0 radical (unpaired) electrons. The lowest BCUT2D eigenvalue weighted by Crippen LogP contribution is -2.10. The molecule has 25 heavy (non-hydrogen) atoms. The van der Waals surface area contributed by atoms with E-state index in [1.54, 1.807) is 24.3 Å². The van der Waals surface area contributed by atoms with Gasteiger partial charge in [-0.05, 0) is 48.6 Å². The summed E-state index contributed by atoms with van der Waals surface area (Å²) in [6, 6.07) is 16.9. The summed E-state index contributed by atoms with van der Waals surface area (Å²) in [6.45, 7) is 0.190. The Hall–Kier alpha value is -3.19. The second kappa shape index (κ2) is 6.37. The van der Waals surface area contributed by atoms with E-state index in [0.29, 0.717) is 11.1 Å². The van der Waals surface area contributed by atoms with Gasteiger partial charge in [-0.3, -0.25) is 4.98 Å². The summed E-state index contributed by atoms with van der Waals surface area (Å²) >= 11 is 0. The van der Waals surface area contributed by atoms with Gasteiger partial charge in [-0.25, -0.2) is 4.79 Å². The average Bonchev–Trinajstić information content (AvgIpc) is 3.12. The van der Waals surface area contributed by atoms with Crippen molar-refractivity contribution in [3.8, 4) is 6.07 Å². The summed E-state index contributed by atoms with van der Waals surface area (Å²) in [5.74, 6) is -0.305. The van der Waals surface area contributed by atoms with E-state index < -0.39 is 0 Å². The summed E-state index contributed by atoms with van der Waals surface area (Å²) < 4.78 is 5.57. The molecular formula is C21H16N2O2. The van der Waals surface area contributed by atoms with Crippen LogP contribution in [0.15, 0.2) is 48.5 Å². The third-order valence-corrected chi connectivity index (χ3v) is 4.58. The number of hydrogen-bond donors (Lipinski definition) is 0. The molecule has 0 saturated carbocycles. The van der Waals surface area contributed by atoms with E-state index >= 15 is 0 Å². The molecule has 0 fully saturated rings. The Labute approximate surface area is 145 Å². The van der Waals surface area contributed by atoms with Gasteiger partial charge < -0.3 is 4.74 Å². The lowest BCUT2D eigenvalue weighted by molar-refractivity contribution is 0.0474. The SMILES string of the molecule is N#Cc1ccc(COC(=O)c2c3c(nc4ccccc24)CCC3)cc1. The predicted molar refractivity (Wildman–Crippen MR) is 94.0 cm³/mol. The van der Waals surface area contributed by atoms with Crippen molar-refractivity contribution in [3.05, 3.63) is 76.5 Å². The van der Waals surface area contributed by atoms with Crippen LogP contribution in [0.1, 0.15) is 39.2 Å². The maximum Gasteiger partial charge on any atom is 0.339 e. The largest absolute Gasteiger partial charge is 0.457 e. The molecule has 0 N–H and O–H groups in total. The fourth-order valence-corrected chi connectivity index (χ4v) is 3.34. The van der Waals surface area contributed by atoms with Gasteiger partial charge in [-0.1, -0.05) is 30.3 Å². The number of ether oxygens (including phenoxy) is 1. The Balaban J connectivity index is 1.64. The molecule has 0 saturated heterocycles. The zero-order valence-corrected chi connectivity index (χ0v) is 13.7. The summed E-state index contributed by atoms with van der Waals surface area (Å²) in [4.78, 5) is 17.5. The molecule has 1 aliphatic carbocycles. The van der Waals surface area contributed by atoms with Crippen LogP contribution in [0.2, 0.25) is 0 Å². The minimum atomic E-state index is -0.305. The van der Waals surface area contributed by atoms with Crippen molar-refractivity contribution < 1.29 is 9.53 Å². The van der Waals surface area contributed by atoms with Gasteiger partial charge in [0, 0.05) is 11.1 Å². The molecule has 1 aliphatic rings. The molecule has 1 aromatic heterocycles. The number of rotatable bonds is 3. The van der Waals surface area contributed by atoms with E-state index in [0.717, 1.165) is 47.0 Å². The average molecular weight is 328 g/mol.